The molecule has 1 fully saturated rings. The second kappa shape index (κ2) is 4.85. The highest BCUT2D eigenvalue weighted by Gasteiger charge is 2.38. The van der Waals surface area contributed by atoms with Gasteiger partial charge in [0.25, 0.3) is 0 Å². The number of rotatable bonds is 3. The van der Waals surface area contributed by atoms with Gasteiger partial charge in [-0.3, -0.25) is 9.59 Å². The first-order valence-corrected chi connectivity index (χ1v) is 5.97. The number of carbonyl (C=O) groups excluding carboxylic acids is 2. The summed E-state index contributed by atoms with van der Waals surface area (Å²) < 4.78 is 0. The third-order valence-electron chi connectivity index (χ3n) is 2.99. The van der Waals surface area contributed by atoms with Gasteiger partial charge < -0.3 is 15.7 Å². The Morgan fingerprint density at radius 3 is 2.37 bits per heavy atom. The first-order valence-electron chi connectivity index (χ1n) is 5.97. The summed E-state index contributed by atoms with van der Waals surface area (Å²) in [5.74, 6) is -0.611. The van der Waals surface area contributed by atoms with Crippen LogP contribution in [-0.4, -0.2) is 40.5 Å². The fraction of sp³-hybridized carbons (Fsp3) is 0.286. The van der Waals surface area contributed by atoms with Gasteiger partial charge in [0.05, 0.1) is 18.7 Å². The van der Waals surface area contributed by atoms with Crippen LogP contribution in [0, 0.1) is 0 Å². The van der Waals surface area contributed by atoms with Gasteiger partial charge >= 0.3 is 0 Å². The van der Waals surface area contributed by atoms with Crippen molar-refractivity contribution >= 4 is 17.9 Å². The number of nitrogens with zero attached hydrogens (tertiary/aromatic N) is 1. The Bertz CT molecular complexity index is 524. The Morgan fingerprint density at radius 2 is 1.89 bits per heavy atom. The normalized spacial score (nSPS) is 17.3. The highest BCUT2D eigenvalue weighted by atomic mass is 16.3. The van der Waals surface area contributed by atoms with Crippen LogP contribution in [0.25, 0.3) is 6.08 Å². The van der Waals surface area contributed by atoms with Crippen molar-refractivity contribution in [3.8, 4) is 0 Å². The standard InChI is InChI=1S/C14H16N2O3/c1-14(19)8-16(9-14)12(17)7-4-10-2-5-11(6-3-10)13(15)18/h2-7,19H,8-9H2,1H3,(H2,15,18). The number of benzene rings is 1. The molecule has 1 saturated heterocycles. The summed E-state index contributed by atoms with van der Waals surface area (Å²) in [6, 6.07) is 6.66. The van der Waals surface area contributed by atoms with E-state index in [9.17, 15) is 14.7 Å². The predicted octanol–water partition coefficient (Wildman–Crippen LogP) is 0.392. The Kier molecular flexibility index (Phi) is 3.40. The third-order valence-corrected chi connectivity index (χ3v) is 2.99. The largest absolute Gasteiger partial charge is 0.386 e. The number of β-amino-alcohol motifs (C(OH)–C–C–N with tert-alkyl or cyclic N) is 1. The van der Waals surface area contributed by atoms with E-state index in [2.05, 4.69) is 0 Å². The molecule has 0 saturated carbocycles. The minimum absolute atomic E-state index is 0.134. The van der Waals surface area contributed by atoms with Gasteiger partial charge in [0, 0.05) is 11.6 Å². The fourth-order valence-electron chi connectivity index (χ4n) is 1.96. The van der Waals surface area contributed by atoms with E-state index in [1.807, 2.05) is 0 Å². The average Bonchev–Trinajstić information content (AvgIpc) is 2.33. The van der Waals surface area contributed by atoms with Gasteiger partial charge in [0.15, 0.2) is 0 Å². The summed E-state index contributed by atoms with van der Waals surface area (Å²) >= 11 is 0. The minimum Gasteiger partial charge on any atom is -0.386 e. The lowest BCUT2D eigenvalue weighted by Crippen LogP contribution is -2.61. The van der Waals surface area contributed by atoms with Crippen molar-refractivity contribution in [1.82, 2.24) is 4.90 Å². The highest BCUT2D eigenvalue weighted by molar-refractivity contribution is 5.94. The molecule has 5 nitrogen and oxygen atoms in total. The minimum atomic E-state index is -0.757. The molecule has 3 N–H and O–H groups in total. The highest BCUT2D eigenvalue weighted by Crippen LogP contribution is 2.20. The van der Waals surface area contributed by atoms with Crippen molar-refractivity contribution in [3.63, 3.8) is 0 Å². The van der Waals surface area contributed by atoms with Crippen molar-refractivity contribution in [2.75, 3.05) is 13.1 Å². The Labute approximate surface area is 111 Å². The quantitative estimate of drug-likeness (QED) is 0.771. The Balaban J connectivity index is 1.95. The van der Waals surface area contributed by atoms with Crippen LogP contribution in [0.15, 0.2) is 30.3 Å². The molecular weight excluding hydrogens is 244 g/mol. The molecular formula is C14H16N2O3. The second-order valence-corrected chi connectivity index (χ2v) is 5.01. The first-order chi connectivity index (χ1) is 8.87. The fourth-order valence-corrected chi connectivity index (χ4v) is 1.96. The van der Waals surface area contributed by atoms with Crippen LogP contribution < -0.4 is 5.73 Å². The third kappa shape index (κ3) is 3.20. The molecule has 5 heteroatoms. The number of primary amides is 1. The van der Waals surface area contributed by atoms with Gasteiger partial charge in [0.1, 0.15) is 0 Å². The van der Waals surface area contributed by atoms with Crippen LogP contribution in [-0.2, 0) is 4.79 Å². The van der Waals surface area contributed by atoms with Crippen LogP contribution in [0.1, 0.15) is 22.8 Å². The van der Waals surface area contributed by atoms with Crippen LogP contribution in [0.4, 0.5) is 0 Å². The van der Waals surface area contributed by atoms with E-state index in [1.165, 1.54) is 6.08 Å². The topological polar surface area (TPSA) is 83.6 Å². The van der Waals surface area contributed by atoms with Crippen molar-refractivity contribution in [3.05, 3.63) is 41.5 Å². The first kappa shape index (κ1) is 13.3. The van der Waals surface area contributed by atoms with Gasteiger partial charge in [-0.2, -0.15) is 0 Å². The molecule has 0 aliphatic carbocycles. The molecule has 0 radical (unpaired) electrons. The van der Waals surface area contributed by atoms with Crippen molar-refractivity contribution < 1.29 is 14.7 Å². The van der Waals surface area contributed by atoms with Crippen LogP contribution >= 0.6 is 0 Å². The molecule has 19 heavy (non-hydrogen) atoms. The Hall–Kier alpha value is -2.14. The molecule has 1 aliphatic heterocycles. The molecule has 100 valence electrons. The predicted molar refractivity (Wildman–Crippen MR) is 71.2 cm³/mol. The van der Waals surface area contributed by atoms with Crippen LogP contribution in [0.2, 0.25) is 0 Å². The summed E-state index contributed by atoms with van der Waals surface area (Å²) in [6.45, 7) is 2.41. The smallest absolute Gasteiger partial charge is 0.248 e. The number of aliphatic hydroxyl groups is 1. The van der Waals surface area contributed by atoms with Gasteiger partial charge in [-0.05, 0) is 30.7 Å². The van der Waals surface area contributed by atoms with Gasteiger partial charge in [0.2, 0.25) is 11.8 Å². The maximum Gasteiger partial charge on any atom is 0.248 e. The van der Waals surface area contributed by atoms with Crippen LogP contribution in [0.5, 0.6) is 0 Å². The van der Waals surface area contributed by atoms with E-state index in [1.54, 1.807) is 42.2 Å². The molecule has 1 heterocycles. The maximum atomic E-state index is 11.7. The number of likely N-dealkylation sites (tertiary alicyclic amines) is 1. The maximum absolute atomic E-state index is 11.7. The summed E-state index contributed by atoms with van der Waals surface area (Å²) in [6.07, 6.45) is 3.12. The van der Waals surface area contributed by atoms with E-state index in [-0.39, 0.29) is 5.91 Å². The zero-order valence-corrected chi connectivity index (χ0v) is 10.7. The lowest BCUT2D eigenvalue weighted by atomic mass is 9.97. The molecule has 0 spiro atoms. The molecule has 2 amide bonds. The van der Waals surface area contributed by atoms with Crippen molar-refractivity contribution in [2.24, 2.45) is 5.73 Å². The summed E-state index contributed by atoms with van der Waals surface area (Å²) in [4.78, 5) is 24.2. The number of hydrogen-bond donors (Lipinski definition) is 2. The molecule has 0 aromatic heterocycles. The molecule has 0 bridgehead atoms. The number of nitrogens with two attached hydrogens (primary N) is 1. The van der Waals surface area contributed by atoms with E-state index < -0.39 is 11.5 Å². The average molecular weight is 260 g/mol. The summed E-state index contributed by atoms with van der Waals surface area (Å²) in [5.41, 5.74) is 5.62. The van der Waals surface area contributed by atoms with E-state index >= 15 is 0 Å². The molecule has 1 aliphatic rings. The van der Waals surface area contributed by atoms with Gasteiger partial charge in [-0.15, -0.1) is 0 Å². The van der Waals surface area contributed by atoms with E-state index in [0.29, 0.717) is 18.7 Å². The summed E-state index contributed by atoms with van der Waals surface area (Å²) in [7, 11) is 0. The van der Waals surface area contributed by atoms with E-state index in [4.69, 9.17) is 5.73 Å². The molecule has 0 atom stereocenters. The van der Waals surface area contributed by atoms with Crippen LogP contribution in [0.3, 0.4) is 0 Å². The SMILES string of the molecule is CC1(O)CN(C(=O)C=Cc2ccc(C(N)=O)cc2)C1. The van der Waals surface area contributed by atoms with E-state index in [0.717, 1.165) is 5.56 Å². The zero-order valence-electron chi connectivity index (χ0n) is 10.7. The number of amides is 2. The monoisotopic (exact) mass is 260 g/mol. The van der Waals surface area contributed by atoms with Crippen molar-refractivity contribution in [2.45, 2.75) is 12.5 Å². The number of carbonyl (C=O) groups is 2. The number of hydrogen-bond acceptors (Lipinski definition) is 3. The van der Waals surface area contributed by atoms with Crippen molar-refractivity contribution in [1.29, 1.82) is 0 Å². The lowest BCUT2D eigenvalue weighted by Gasteiger charge is -2.43. The molecule has 1 aromatic carbocycles. The molecule has 2 rings (SSSR count). The second-order valence-electron chi connectivity index (χ2n) is 5.01. The zero-order chi connectivity index (χ0) is 14.0. The summed E-state index contributed by atoms with van der Waals surface area (Å²) in [5, 5.41) is 9.54. The molecule has 1 aromatic rings. The molecule has 0 unspecified atom stereocenters. The van der Waals surface area contributed by atoms with Gasteiger partial charge in [-0.1, -0.05) is 12.1 Å². The Morgan fingerprint density at radius 1 is 1.32 bits per heavy atom. The lowest BCUT2D eigenvalue weighted by molar-refractivity contribution is -0.146. The van der Waals surface area contributed by atoms with Gasteiger partial charge in [-0.25, -0.2) is 0 Å².